The van der Waals surface area contributed by atoms with E-state index in [1.807, 2.05) is 56.6 Å². The predicted molar refractivity (Wildman–Crippen MR) is 129 cm³/mol. The molecule has 2 N–H and O–H groups in total. The summed E-state index contributed by atoms with van der Waals surface area (Å²) in [4.78, 5) is 27.9. The van der Waals surface area contributed by atoms with E-state index in [9.17, 15) is 5.11 Å². The first-order valence-electron chi connectivity index (χ1n) is 10.9. The van der Waals surface area contributed by atoms with Crippen molar-refractivity contribution < 1.29 is 5.11 Å². The third-order valence-electron chi connectivity index (χ3n) is 5.59. The summed E-state index contributed by atoms with van der Waals surface area (Å²) in [5, 5.41) is 14.8. The number of aliphatic hydroxyl groups is 1. The molecule has 0 saturated heterocycles. The Morgan fingerprint density at radius 2 is 1.91 bits per heavy atom. The second-order valence-corrected chi connectivity index (χ2v) is 8.33. The van der Waals surface area contributed by atoms with Gasteiger partial charge in [0, 0.05) is 62.8 Å². The first kappa shape index (κ1) is 21.7. The molecule has 0 fully saturated rings. The van der Waals surface area contributed by atoms with Crippen LogP contribution in [0.2, 0.25) is 0 Å². The number of H-pyrrole nitrogens is 1. The number of fused-ring (bicyclic) bond motifs is 1. The normalized spacial score (nSPS) is 12.2. The van der Waals surface area contributed by atoms with Gasteiger partial charge in [0.05, 0.1) is 29.9 Å². The van der Waals surface area contributed by atoms with Crippen LogP contribution in [0.1, 0.15) is 23.8 Å². The Labute approximate surface area is 196 Å². The minimum atomic E-state index is -0.592. The van der Waals surface area contributed by atoms with Crippen molar-refractivity contribution in [3.8, 4) is 22.5 Å². The lowest BCUT2D eigenvalue weighted by Crippen LogP contribution is -2.14. The highest BCUT2D eigenvalue weighted by molar-refractivity contribution is 5.90. The molecule has 0 amide bonds. The largest absolute Gasteiger partial charge is 0.388 e. The molecule has 1 unspecified atom stereocenters. The number of hydrogen-bond acceptors (Lipinski definition) is 8. The number of pyridine rings is 1. The van der Waals surface area contributed by atoms with Gasteiger partial charge in [-0.2, -0.15) is 5.10 Å². The number of aliphatic hydroxyl groups excluding tert-OH is 1. The van der Waals surface area contributed by atoms with Crippen molar-refractivity contribution in [3.05, 3.63) is 66.6 Å². The van der Waals surface area contributed by atoms with Crippen LogP contribution in [-0.2, 0) is 13.5 Å². The molecule has 0 spiro atoms. The fraction of sp³-hybridized carbons (Fsp3) is 0.250. The molecule has 0 aromatic carbocycles. The number of hydrogen-bond donors (Lipinski definition) is 2. The summed E-state index contributed by atoms with van der Waals surface area (Å²) in [7, 11) is 5.68. The second kappa shape index (κ2) is 8.99. The van der Waals surface area contributed by atoms with Gasteiger partial charge in [-0.1, -0.05) is 0 Å². The van der Waals surface area contributed by atoms with Gasteiger partial charge in [0.1, 0.15) is 5.52 Å². The Morgan fingerprint density at radius 3 is 2.65 bits per heavy atom. The first-order valence-corrected chi connectivity index (χ1v) is 10.9. The topological polar surface area (TPSA) is 122 Å². The van der Waals surface area contributed by atoms with E-state index in [1.165, 1.54) is 0 Å². The molecule has 5 rings (SSSR count). The SMILES string of the molecule is CN(C)c1nc(CCC(O)c2ccncc2)cc(-c2c[nH]c3ncc(-c4cnn(C)c4)nc23)n1. The van der Waals surface area contributed by atoms with Crippen LogP contribution in [0.15, 0.2) is 55.4 Å². The zero-order valence-corrected chi connectivity index (χ0v) is 19.2. The molecule has 10 heteroatoms. The van der Waals surface area contributed by atoms with E-state index in [4.69, 9.17) is 15.0 Å². The van der Waals surface area contributed by atoms with Gasteiger partial charge in [-0.15, -0.1) is 0 Å². The van der Waals surface area contributed by atoms with Crippen LogP contribution in [0, 0.1) is 0 Å². The molecule has 0 aliphatic heterocycles. The Morgan fingerprint density at radius 1 is 1.09 bits per heavy atom. The van der Waals surface area contributed by atoms with E-state index in [-0.39, 0.29) is 0 Å². The summed E-state index contributed by atoms with van der Waals surface area (Å²) in [6.07, 6.45) is 11.2. The molecule has 5 heterocycles. The number of rotatable bonds is 7. The van der Waals surface area contributed by atoms with E-state index in [0.29, 0.717) is 24.4 Å². The van der Waals surface area contributed by atoms with Gasteiger partial charge in [-0.25, -0.2) is 19.9 Å². The van der Waals surface area contributed by atoms with Gasteiger partial charge >= 0.3 is 0 Å². The molecule has 0 saturated carbocycles. The average molecular weight is 456 g/mol. The molecular weight excluding hydrogens is 430 g/mol. The van der Waals surface area contributed by atoms with E-state index in [1.54, 1.807) is 29.5 Å². The van der Waals surface area contributed by atoms with Crippen molar-refractivity contribution >= 4 is 17.1 Å². The van der Waals surface area contributed by atoms with E-state index in [2.05, 4.69) is 20.1 Å². The fourth-order valence-corrected chi connectivity index (χ4v) is 3.77. The summed E-state index contributed by atoms with van der Waals surface area (Å²) >= 11 is 0. The number of nitrogens with zero attached hydrogens (tertiary/aromatic N) is 8. The Balaban J connectivity index is 1.50. The van der Waals surface area contributed by atoms with Gasteiger partial charge in [-0.05, 0) is 36.6 Å². The van der Waals surface area contributed by atoms with Crippen LogP contribution in [0.25, 0.3) is 33.7 Å². The van der Waals surface area contributed by atoms with Crippen LogP contribution in [0.5, 0.6) is 0 Å². The minimum Gasteiger partial charge on any atom is -0.388 e. The monoisotopic (exact) mass is 455 g/mol. The number of aryl methyl sites for hydroxylation is 2. The summed E-state index contributed by atoms with van der Waals surface area (Å²) in [5.41, 5.74) is 6.32. The predicted octanol–water partition coefficient (Wildman–Crippen LogP) is 2.94. The highest BCUT2D eigenvalue weighted by Crippen LogP contribution is 2.29. The minimum absolute atomic E-state index is 0.534. The quantitative estimate of drug-likeness (QED) is 0.384. The van der Waals surface area contributed by atoms with Gasteiger partial charge < -0.3 is 15.0 Å². The lowest BCUT2D eigenvalue weighted by Gasteiger charge is -2.15. The van der Waals surface area contributed by atoms with Crippen molar-refractivity contribution in [3.63, 3.8) is 0 Å². The van der Waals surface area contributed by atoms with Crippen molar-refractivity contribution in [2.45, 2.75) is 18.9 Å². The van der Waals surface area contributed by atoms with E-state index >= 15 is 0 Å². The summed E-state index contributed by atoms with van der Waals surface area (Å²) in [6, 6.07) is 5.60. The smallest absolute Gasteiger partial charge is 0.225 e. The standard InChI is InChI=1S/C24H25N9O/c1-32(2)24-29-17(4-5-21(34)15-6-8-25-9-7-15)10-19(31-24)18-12-26-23-22(18)30-20(13-27-23)16-11-28-33(3)14-16/h6-14,21,34H,4-5H2,1-3H3,(H,26,27). The molecule has 0 radical (unpaired) electrons. The fourth-order valence-electron chi connectivity index (χ4n) is 3.77. The van der Waals surface area contributed by atoms with Crippen LogP contribution < -0.4 is 4.90 Å². The van der Waals surface area contributed by atoms with Crippen molar-refractivity contribution in [2.75, 3.05) is 19.0 Å². The number of anilines is 1. The molecule has 5 aromatic heterocycles. The van der Waals surface area contributed by atoms with Crippen molar-refractivity contribution in [1.29, 1.82) is 0 Å². The van der Waals surface area contributed by atoms with Crippen molar-refractivity contribution in [2.24, 2.45) is 7.05 Å². The average Bonchev–Trinajstić information content (AvgIpc) is 3.48. The first-order chi connectivity index (χ1) is 16.5. The zero-order chi connectivity index (χ0) is 23.7. The summed E-state index contributed by atoms with van der Waals surface area (Å²) in [6.45, 7) is 0. The molecule has 1 atom stereocenters. The Hall–Kier alpha value is -4.18. The highest BCUT2D eigenvalue weighted by Gasteiger charge is 2.16. The molecule has 0 aliphatic carbocycles. The van der Waals surface area contributed by atoms with Crippen LogP contribution in [0.4, 0.5) is 5.95 Å². The third kappa shape index (κ3) is 4.35. The van der Waals surface area contributed by atoms with Gasteiger partial charge in [0.25, 0.3) is 0 Å². The van der Waals surface area contributed by atoms with Crippen molar-refractivity contribution in [1.82, 2.24) is 39.7 Å². The molecule has 0 bridgehead atoms. The molecule has 172 valence electrons. The zero-order valence-electron chi connectivity index (χ0n) is 19.2. The molecule has 5 aromatic rings. The number of nitrogens with one attached hydrogen (secondary N) is 1. The molecule has 34 heavy (non-hydrogen) atoms. The lowest BCUT2D eigenvalue weighted by molar-refractivity contribution is 0.167. The van der Waals surface area contributed by atoms with E-state index in [0.717, 1.165) is 39.3 Å². The maximum absolute atomic E-state index is 10.6. The van der Waals surface area contributed by atoms with Gasteiger partial charge in [0.2, 0.25) is 5.95 Å². The summed E-state index contributed by atoms with van der Waals surface area (Å²) in [5.74, 6) is 0.594. The lowest BCUT2D eigenvalue weighted by atomic mass is 10.0. The molecular formula is C24H25N9O. The Kier molecular flexibility index (Phi) is 5.72. The van der Waals surface area contributed by atoms with Crippen LogP contribution >= 0.6 is 0 Å². The molecule has 10 nitrogen and oxygen atoms in total. The van der Waals surface area contributed by atoms with Crippen LogP contribution in [0.3, 0.4) is 0 Å². The highest BCUT2D eigenvalue weighted by atomic mass is 16.3. The number of aromatic amines is 1. The van der Waals surface area contributed by atoms with Gasteiger partial charge in [-0.3, -0.25) is 9.67 Å². The molecule has 0 aliphatic rings. The maximum Gasteiger partial charge on any atom is 0.225 e. The van der Waals surface area contributed by atoms with Gasteiger partial charge in [0.15, 0.2) is 5.65 Å². The Bertz CT molecular complexity index is 1430. The number of aromatic nitrogens is 8. The van der Waals surface area contributed by atoms with E-state index < -0.39 is 6.10 Å². The van der Waals surface area contributed by atoms with Crippen LogP contribution in [-0.4, -0.2) is 58.9 Å². The maximum atomic E-state index is 10.6. The summed E-state index contributed by atoms with van der Waals surface area (Å²) < 4.78 is 1.74. The third-order valence-corrected chi connectivity index (χ3v) is 5.59. The second-order valence-electron chi connectivity index (χ2n) is 8.33.